The van der Waals surface area contributed by atoms with Crippen molar-refractivity contribution in [1.82, 2.24) is 5.32 Å². The summed E-state index contributed by atoms with van der Waals surface area (Å²) in [4.78, 5) is 12.4. The van der Waals surface area contributed by atoms with Crippen molar-refractivity contribution >= 4 is 5.78 Å². The van der Waals surface area contributed by atoms with Crippen LogP contribution in [0.15, 0.2) is 24.3 Å². The molecule has 0 spiro atoms. The fraction of sp³-hybridized carbons (Fsp3) is 0.500. The number of ketones is 1. The first-order chi connectivity index (χ1) is 8.33. The maximum Gasteiger partial charge on any atom is 0.169 e. The zero-order chi connectivity index (χ0) is 12.1. The Kier molecular flexibility index (Phi) is 4.15. The summed E-state index contributed by atoms with van der Waals surface area (Å²) >= 11 is 0. The second-order valence-corrected chi connectivity index (χ2v) is 4.44. The number of Topliss-reactive ketones (excluding diaryl/α,β-unsaturated/α-hetero) is 1. The van der Waals surface area contributed by atoms with E-state index >= 15 is 0 Å². The van der Waals surface area contributed by atoms with Crippen molar-refractivity contribution in [2.75, 3.05) is 20.2 Å². The van der Waals surface area contributed by atoms with Crippen LogP contribution in [0.5, 0.6) is 5.75 Å². The molecular formula is C14H19NO2. The summed E-state index contributed by atoms with van der Waals surface area (Å²) in [6.07, 6.45) is 2.98. The zero-order valence-electron chi connectivity index (χ0n) is 10.2. The number of para-hydroxylation sites is 1. The van der Waals surface area contributed by atoms with Crippen molar-refractivity contribution in [3.8, 4) is 5.75 Å². The van der Waals surface area contributed by atoms with Gasteiger partial charge in [-0.15, -0.1) is 0 Å². The lowest BCUT2D eigenvalue weighted by molar-refractivity contribution is 0.0907. The van der Waals surface area contributed by atoms with Crippen molar-refractivity contribution in [3.63, 3.8) is 0 Å². The highest BCUT2D eigenvalue weighted by Gasteiger charge is 2.23. The highest BCUT2D eigenvalue weighted by Crippen LogP contribution is 2.25. The van der Waals surface area contributed by atoms with Crippen LogP contribution in [0.4, 0.5) is 0 Å². The number of carbonyl (C=O) groups is 1. The van der Waals surface area contributed by atoms with Gasteiger partial charge in [-0.1, -0.05) is 12.1 Å². The molecule has 1 atom stereocenters. The molecule has 1 aliphatic heterocycles. The van der Waals surface area contributed by atoms with Crippen LogP contribution in [0.2, 0.25) is 0 Å². The van der Waals surface area contributed by atoms with Gasteiger partial charge in [0.2, 0.25) is 0 Å². The van der Waals surface area contributed by atoms with E-state index < -0.39 is 0 Å². The second kappa shape index (κ2) is 5.82. The standard InChI is InChI=1S/C14H19NO2/c1-17-13-7-3-2-6-12(13)14(16)11-5-4-9-15-10-8-11/h2-3,6-7,11,15H,4-5,8-10H2,1H3. The van der Waals surface area contributed by atoms with Crippen LogP contribution in [0.1, 0.15) is 29.6 Å². The summed E-state index contributed by atoms with van der Waals surface area (Å²) in [7, 11) is 1.61. The maximum atomic E-state index is 12.4. The van der Waals surface area contributed by atoms with E-state index in [0.29, 0.717) is 5.75 Å². The lowest BCUT2D eigenvalue weighted by Gasteiger charge is -2.14. The minimum atomic E-state index is 0.140. The highest BCUT2D eigenvalue weighted by molar-refractivity contribution is 6.00. The molecule has 1 fully saturated rings. The molecule has 3 heteroatoms. The first-order valence-electron chi connectivity index (χ1n) is 6.21. The molecule has 3 nitrogen and oxygen atoms in total. The SMILES string of the molecule is COc1ccccc1C(=O)C1CCCNCC1. The Morgan fingerprint density at radius 1 is 1.29 bits per heavy atom. The Balaban J connectivity index is 2.17. The molecule has 1 heterocycles. The number of hydrogen-bond acceptors (Lipinski definition) is 3. The Labute approximate surface area is 102 Å². The van der Waals surface area contributed by atoms with E-state index in [-0.39, 0.29) is 11.7 Å². The number of rotatable bonds is 3. The fourth-order valence-corrected chi connectivity index (χ4v) is 2.35. The Morgan fingerprint density at radius 2 is 2.12 bits per heavy atom. The van der Waals surface area contributed by atoms with Gasteiger partial charge in [-0.25, -0.2) is 0 Å². The smallest absolute Gasteiger partial charge is 0.169 e. The van der Waals surface area contributed by atoms with Gasteiger partial charge in [-0.05, 0) is 44.5 Å². The van der Waals surface area contributed by atoms with Gasteiger partial charge in [-0.2, -0.15) is 0 Å². The Hall–Kier alpha value is -1.35. The Bertz CT molecular complexity index is 382. The fourth-order valence-electron chi connectivity index (χ4n) is 2.35. The molecule has 0 radical (unpaired) electrons. The molecule has 1 unspecified atom stereocenters. The number of methoxy groups -OCH3 is 1. The van der Waals surface area contributed by atoms with E-state index in [2.05, 4.69) is 5.32 Å². The van der Waals surface area contributed by atoms with Crippen LogP contribution in [0, 0.1) is 5.92 Å². The summed E-state index contributed by atoms with van der Waals surface area (Å²) in [5, 5.41) is 3.33. The van der Waals surface area contributed by atoms with Gasteiger partial charge in [0, 0.05) is 5.92 Å². The number of carbonyl (C=O) groups excluding carboxylic acids is 1. The topological polar surface area (TPSA) is 38.3 Å². The predicted octanol–water partition coefficient (Wildman–Crippen LogP) is 2.27. The van der Waals surface area contributed by atoms with Crippen LogP contribution in [-0.4, -0.2) is 26.0 Å². The highest BCUT2D eigenvalue weighted by atomic mass is 16.5. The third kappa shape index (κ3) is 2.86. The van der Waals surface area contributed by atoms with Gasteiger partial charge in [-0.3, -0.25) is 4.79 Å². The van der Waals surface area contributed by atoms with Crippen LogP contribution >= 0.6 is 0 Å². The van der Waals surface area contributed by atoms with Crippen molar-refractivity contribution in [3.05, 3.63) is 29.8 Å². The summed E-state index contributed by atoms with van der Waals surface area (Å²) in [6, 6.07) is 7.50. The summed E-state index contributed by atoms with van der Waals surface area (Å²) < 4.78 is 5.25. The predicted molar refractivity (Wildman–Crippen MR) is 67.5 cm³/mol. The molecule has 1 aliphatic rings. The van der Waals surface area contributed by atoms with Gasteiger partial charge in [0.25, 0.3) is 0 Å². The van der Waals surface area contributed by atoms with Crippen LogP contribution in [0.3, 0.4) is 0 Å². The molecule has 1 saturated heterocycles. The first-order valence-corrected chi connectivity index (χ1v) is 6.21. The number of hydrogen-bond donors (Lipinski definition) is 1. The molecule has 0 aliphatic carbocycles. The third-order valence-corrected chi connectivity index (χ3v) is 3.32. The van der Waals surface area contributed by atoms with E-state index in [1.165, 1.54) is 0 Å². The molecule has 1 aromatic rings. The molecule has 1 aromatic carbocycles. The molecule has 0 amide bonds. The van der Waals surface area contributed by atoms with E-state index in [1.807, 2.05) is 24.3 Å². The van der Waals surface area contributed by atoms with Crippen LogP contribution in [-0.2, 0) is 0 Å². The molecule has 92 valence electrons. The zero-order valence-corrected chi connectivity index (χ0v) is 10.2. The van der Waals surface area contributed by atoms with Crippen molar-refractivity contribution < 1.29 is 9.53 Å². The summed E-state index contributed by atoms with van der Waals surface area (Å²) in [5.74, 6) is 1.06. The van der Waals surface area contributed by atoms with Gasteiger partial charge in [0.1, 0.15) is 5.75 Å². The largest absolute Gasteiger partial charge is 0.496 e. The molecule has 0 aromatic heterocycles. The average Bonchev–Trinajstić information content (AvgIpc) is 2.66. The quantitative estimate of drug-likeness (QED) is 0.814. The number of nitrogens with one attached hydrogen (secondary N) is 1. The molecule has 2 rings (SSSR count). The van der Waals surface area contributed by atoms with Crippen molar-refractivity contribution in [2.45, 2.75) is 19.3 Å². The average molecular weight is 233 g/mol. The first kappa shape index (κ1) is 12.1. The van der Waals surface area contributed by atoms with Crippen LogP contribution < -0.4 is 10.1 Å². The van der Waals surface area contributed by atoms with Gasteiger partial charge in [0.05, 0.1) is 12.7 Å². The molecular weight excluding hydrogens is 214 g/mol. The number of benzene rings is 1. The van der Waals surface area contributed by atoms with E-state index in [1.54, 1.807) is 7.11 Å². The maximum absolute atomic E-state index is 12.4. The molecule has 17 heavy (non-hydrogen) atoms. The molecule has 0 bridgehead atoms. The van der Waals surface area contributed by atoms with E-state index in [4.69, 9.17) is 4.74 Å². The summed E-state index contributed by atoms with van der Waals surface area (Å²) in [6.45, 7) is 1.96. The van der Waals surface area contributed by atoms with Gasteiger partial charge in [0.15, 0.2) is 5.78 Å². The molecule has 0 saturated carbocycles. The van der Waals surface area contributed by atoms with Crippen LogP contribution in [0.25, 0.3) is 0 Å². The Morgan fingerprint density at radius 3 is 2.94 bits per heavy atom. The lowest BCUT2D eigenvalue weighted by atomic mass is 9.91. The van der Waals surface area contributed by atoms with Gasteiger partial charge < -0.3 is 10.1 Å². The minimum absolute atomic E-state index is 0.140. The van der Waals surface area contributed by atoms with Crippen molar-refractivity contribution in [1.29, 1.82) is 0 Å². The van der Waals surface area contributed by atoms with E-state index in [0.717, 1.165) is 37.9 Å². The normalized spacial score (nSPS) is 20.6. The number of ether oxygens (including phenoxy) is 1. The lowest BCUT2D eigenvalue weighted by Crippen LogP contribution is -2.18. The molecule has 1 N–H and O–H groups in total. The minimum Gasteiger partial charge on any atom is -0.496 e. The summed E-state index contributed by atoms with van der Waals surface area (Å²) in [5.41, 5.74) is 0.724. The van der Waals surface area contributed by atoms with E-state index in [9.17, 15) is 4.79 Å². The van der Waals surface area contributed by atoms with Crippen molar-refractivity contribution in [2.24, 2.45) is 5.92 Å². The van der Waals surface area contributed by atoms with Gasteiger partial charge >= 0.3 is 0 Å². The second-order valence-electron chi connectivity index (χ2n) is 4.44. The third-order valence-electron chi connectivity index (χ3n) is 3.32. The monoisotopic (exact) mass is 233 g/mol.